The molecule has 8 nitrogen and oxygen atoms in total. The smallest absolute Gasteiger partial charge is 0.240 e. The molecule has 3 heterocycles. The Morgan fingerprint density at radius 2 is 1.64 bits per heavy atom. The van der Waals surface area contributed by atoms with Gasteiger partial charge >= 0.3 is 0 Å². The number of furan rings is 2. The second-order valence-corrected chi connectivity index (χ2v) is 7.95. The van der Waals surface area contributed by atoms with Crippen molar-refractivity contribution in [3.05, 3.63) is 60.6 Å². The number of imide groups is 1. The van der Waals surface area contributed by atoms with Gasteiger partial charge in [-0.3, -0.25) is 14.5 Å². The third-order valence-electron chi connectivity index (χ3n) is 4.32. The molecule has 4 rings (SSSR count). The van der Waals surface area contributed by atoms with Crippen LogP contribution in [0.1, 0.15) is 18.6 Å². The highest BCUT2D eigenvalue weighted by atomic mass is 32.2. The van der Waals surface area contributed by atoms with E-state index in [1.165, 1.54) is 30.5 Å². The summed E-state index contributed by atoms with van der Waals surface area (Å²) in [4.78, 5) is 24.6. The lowest BCUT2D eigenvalue weighted by Crippen LogP contribution is -2.28. The Morgan fingerprint density at radius 1 is 0.929 bits per heavy atom. The average Bonchev–Trinajstić information content (AvgIpc) is 3.42. The van der Waals surface area contributed by atoms with Crippen LogP contribution in [0.25, 0.3) is 11.5 Å². The minimum Gasteiger partial charge on any atom is -0.461 e. The first-order chi connectivity index (χ1) is 13.4. The maximum atomic E-state index is 12.5. The normalized spacial score (nSPS) is 14.8. The molecule has 1 aromatic carbocycles. The Labute approximate surface area is 160 Å². The third kappa shape index (κ3) is 3.49. The number of rotatable bonds is 6. The summed E-state index contributed by atoms with van der Waals surface area (Å²) in [6.45, 7) is -0.0338. The van der Waals surface area contributed by atoms with Gasteiger partial charge < -0.3 is 8.83 Å². The standard InChI is InChI=1S/C19H16N2O6S/c22-18-9-10-19(23)21(18)13-3-6-15(7-4-13)28(24,25)20-12-14-5-8-17(27-14)16-2-1-11-26-16/h1-8,11,20H,9-10,12H2. The van der Waals surface area contributed by atoms with Crippen LogP contribution in [0.5, 0.6) is 0 Å². The van der Waals surface area contributed by atoms with Crippen molar-refractivity contribution in [3.63, 3.8) is 0 Å². The van der Waals surface area contributed by atoms with Crippen molar-refractivity contribution in [1.82, 2.24) is 4.72 Å². The maximum absolute atomic E-state index is 12.5. The van der Waals surface area contributed by atoms with Crippen LogP contribution in [0.4, 0.5) is 5.69 Å². The Bertz CT molecular complexity index is 1100. The number of nitrogens with zero attached hydrogens (tertiary/aromatic N) is 1. The van der Waals surface area contributed by atoms with Crippen LogP contribution in [0.15, 0.2) is 68.5 Å². The molecule has 9 heteroatoms. The van der Waals surface area contributed by atoms with Gasteiger partial charge in [-0.25, -0.2) is 13.1 Å². The van der Waals surface area contributed by atoms with E-state index in [0.717, 1.165) is 4.90 Å². The summed E-state index contributed by atoms with van der Waals surface area (Å²) < 4.78 is 38.2. The molecular formula is C19H16N2O6S. The molecule has 1 aliphatic heterocycles. The summed E-state index contributed by atoms with van der Waals surface area (Å²) in [5, 5.41) is 0. The summed E-state index contributed by atoms with van der Waals surface area (Å²) >= 11 is 0. The third-order valence-corrected chi connectivity index (χ3v) is 5.74. The molecule has 2 aromatic heterocycles. The molecule has 1 saturated heterocycles. The second kappa shape index (κ2) is 7.10. The van der Waals surface area contributed by atoms with Crippen molar-refractivity contribution < 1.29 is 26.8 Å². The van der Waals surface area contributed by atoms with E-state index in [-0.39, 0.29) is 36.1 Å². The average molecular weight is 400 g/mol. The monoisotopic (exact) mass is 400 g/mol. The number of amides is 2. The fourth-order valence-electron chi connectivity index (χ4n) is 2.91. The second-order valence-electron chi connectivity index (χ2n) is 6.18. The fraction of sp³-hybridized carbons (Fsp3) is 0.158. The molecule has 0 bridgehead atoms. The number of carbonyl (C=O) groups is 2. The summed E-state index contributed by atoms with van der Waals surface area (Å²) in [5.74, 6) is 0.909. The largest absolute Gasteiger partial charge is 0.461 e. The first-order valence-corrected chi connectivity index (χ1v) is 10.0. The summed E-state index contributed by atoms with van der Waals surface area (Å²) in [6, 6.07) is 12.4. The predicted octanol–water partition coefficient (Wildman–Crippen LogP) is 2.67. The molecule has 1 fully saturated rings. The number of benzene rings is 1. The first-order valence-electron chi connectivity index (χ1n) is 8.52. The maximum Gasteiger partial charge on any atom is 0.240 e. The molecule has 0 aliphatic carbocycles. The quantitative estimate of drug-likeness (QED) is 0.637. The van der Waals surface area contributed by atoms with Crippen molar-refractivity contribution in [3.8, 4) is 11.5 Å². The lowest BCUT2D eigenvalue weighted by atomic mass is 10.3. The van der Waals surface area contributed by atoms with E-state index in [2.05, 4.69) is 4.72 Å². The number of carbonyl (C=O) groups excluding carboxylic acids is 2. The highest BCUT2D eigenvalue weighted by Gasteiger charge is 2.30. The molecular weight excluding hydrogens is 384 g/mol. The topological polar surface area (TPSA) is 110 Å². The molecule has 0 atom stereocenters. The van der Waals surface area contributed by atoms with Crippen molar-refractivity contribution in [1.29, 1.82) is 0 Å². The van der Waals surface area contributed by atoms with Gasteiger partial charge in [0.2, 0.25) is 21.8 Å². The first kappa shape index (κ1) is 18.2. The van der Waals surface area contributed by atoms with E-state index in [0.29, 0.717) is 23.0 Å². The lowest BCUT2D eigenvalue weighted by Gasteiger charge is -2.14. The van der Waals surface area contributed by atoms with Crippen molar-refractivity contribution in [2.45, 2.75) is 24.3 Å². The van der Waals surface area contributed by atoms with Crippen LogP contribution in [-0.2, 0) is 26.2 Å². The SMILES string of the molecule is O=C1CCC(=O)N1c1ccc(S(=O)(=O)NCc2ccc(-c3ccco3)o2)cc1. The number of nitrogens with one attached hydrogen (secondary N) is 1. The van der Waals surface area contributed by atoms with E-state index in [1.54, 1.807) is 24.3 Å². The molecule has 3 aromatic rings. The van der Waals surface area contributed by atoms with Crippen molar-refractivity contribution >= 4 is 27.5 Å². The zero-order valence-corrected chi connectivity index (χ0v) is 15.4. The summed E-state index contributed by atoms with van der Waals surface area (Å²) in [7, 11) is -3.79. The number of sulfonamides is 1. The van der Waals surface area contributed by atoms with Crippen molar-refractivity contribution in [2.24, 2.45) is 0 Å². The van der Waals surface area contributed by atoms with Gasteiger partial charge in [-0.2, -0.15) is 0 Å². The van der Waals surface area contributed by atoms with Gasteiger partial charge in [-0.1, -0.05) is 0 Å². The Morgan fingerprint density at radius 3 is 2.29 bits per heavy atom. The predicted molar refractivity (Wildman–Crippen MR) is 98.6 cm³/mol. The number of hydrogen-bond donors (Lipinski definition) is 1. The van der Waals surface area contributed by atoms with E-state index in [1.807, 2.05) is 0 Å². The van der Waals surface area contributed by atoms with Crippen molar-refractivity contribution in [2.75, 3.05) is 4.90 Å². The Hall–Kier alpha value is -3.17. The van der Waals surface area contributed by atoms with Gasteiger partial charge in [-0.05, 0) is 48.5 Å². The molecule has 28 heavy (non-hydrogen) atoms. The van der Waals surface area contributed by atoms with Gasteiger partial charge in [0.15, 0.2) is 11.5 Å². The molecule has 1 aliphatic rings. The van der Waals surface area contributed by atoms with Crippen LogP contribution in [0, 0.1) is 0 Å². The van der Waals surface area contributed by atoms with E-state index in [4.69, 9.17) is 8.83 Å². The zero-order valence-electron chi connectivity index (χ0n) is 14.6. The van der Waals surface area contributed by atoms with Gasteiger partial charge in [0.1, 0.15) is 5.76 Å². The number of hydrogen-bond acceptors (Lipinski definition) is 6. The summed E-state index contributed by atoms with van der Waals surface area (Å²) in [5.41, 5.74) is 0.362. The van der Waals surface area contributed by atoms with Crippen LogP contribution in [0.2, 0.25) is 0 Å². The van der Waals surface area contributed by atoms with E-state index < -0.39 is 10.0 Å². The highest BCUT2D eigenvalue weighted by molar-refractivity contribution is 7.89. The molecule has 144 valence electrons. The molecule has 0 radical (unpaired) electrons. The van der Waals surface area contributed by atoms with Gasteiger partial charge in [0, 0.05) is 12.8 Å². The van der Waals surface area contributed by atoms with E-state index >= 15 is 0 Å². The Balaban J connectivity index is 1.45. The Kier molecular flexibility index (Phi) is 4.62. The molecule has 0 unspecified atom stereocenters. The van der Waals surface area contributed by atoms with Gasteiger partial charge in [-0.15, -0.1) is 0 Å². The van der Waals surface area contributed by atoms with Gasteiger partial charge in [0.25, 0.3) is 0 Å². The van der Waals surface area contributed by atoms with E-state index in [9.17, 15) is 18.0 Å². The molecule has 2 amide bonds. The fourth-order valence-corrected chi connectivity index (χ4v) is 3.91. The van der Waals surface area contributed by atoms with Crippen LogP contribution < -0.4 is 9.62 Å². The van der Waals surface area contributed by atoms with Crippen LogP contribution >= 0.6 is 0 Å². The zero-order chi connectivity index (χ0) is 19.7. The van der Waals surface area contributed by atoms with Crippen LogP contribution in [-0.4, -0.2) is 20.2 Å². The molecule has 0 spiro atoms. The minimum atomic E-state index is -3.79. The van der Waals surface area contributed by atoms with Gasteiger partial charge in [0.05, 0.1) is 23.4 Å². The lowest BCUT2D eigenvalue weighted by molar-refractivity contribution is -0.121. The van der Waals surface area contributed by atoms with Crippen LogP contribution in [0.3, 0.4) is 0 Å². The molecule has 1 N–H and O–H groups in total. The molecule has 0 saturated carbocycles. The summed E-state index contributed by atoms with van der Waals surface area (Å²) in [6.07, 6.45) is 1.86. The highest BCUT2D eigenvalue weighted by Crippen LogP contribution is 2.25. The minimum absolute atomic E-state index is 0.0214. The number of anilines is 1.